The van der Waals surface area contributed by atoms with E-state index < -0.39 is 0 Å². The lowest BCUT2D eigenvalue weighted by atomic mass is 9.91. The van der Waals surface area contributed by atoms with Crippen LogP contribution in [-0.2, 0) is 54.1 Å². The Bertz CT molecular complexity index is 1700. The van der Waals surface area contributed by atoms with Crippen LogP contribution >= 0.6 is 0 Å². The fourth-order valence-electron chi connectivity index (χ4n) is 7.38. The fourth-order valence-corrected chi connectivity index (χ4v) is 7.38. The van der Waals surface area contributed by atoms with Crippen molar-refractivity contribution in [1.29, 1.82) is 0 Å². The SMILES string of the molecule is CC(C)(C)OCCOc1c2cccc1Cc1cccc3c1OCCOCCOCCOCCOCCOc1c(cccc1Cc1cccc(c1OCCOC(C)(C)C)C3)C2. The highest BCUT2D eigenvalue weighted by Gasteiger charge is 2.22. The zero-order valence-corrected chi connectivity index (χ0v) is 36.7. The van der Waals surface area contributed by atoms with Gasteiger partial charge < -0.3 is 47.4 Å². The summed E-state index contributed by atoms with van der Waals surface area (Å²) in [5, 5.41) is 0. The monoisotopic (exact) mass is 826 g/mol. The van der Waals surface area contributed by atoms with Gasteiger partial charge in [0, 0.05) is 25.7 Å². The second-order valence-electron chi connectivity index (χ2n) is 17.1. The van der Waals surface area contributed by atoms with Gasteiger partial charge in [0.2, 0.25) is 0 Å². The molecule has 1 aliphatic carbocycles. The molecule has 4 aromatic rings. The summed E-state index contributed by atoms with van der Waals surface area (Å²) in [5.74, 6) is 3.39. The third kappa shape index (κ3) is 14.2. The van der Waals surface area contributed by atoms with E-state index in [0.717, 1.165) is 67.5 Å². The normalized spacial score (nSPS) is 16.3. The van der Waals surface area contributed by atoms with Crippen molar-refractivity contribution in [2.45, 2.75) is 78.4 Å². The van der Waals surface area contributed by atoms with Gasteiger partial charge in [0.05, 0.1) is 77.3 Å². The molecule has 326 valence electrons. The molecule has 0 spiro atoms. The van der Waals surface area contributed by atoms with Crippen molar-refractivity contribution in [3.05, 3.63) is 117 Å². The Morgan fingerprint density at radius 1 is 0.367 bits per heavy atom. The summed E-state index contributed by atoms with van der Waals surface area (Å²) in [6.45, 7) is 18.6. The smallest absolute Gasteiger partial charge is 0.126 e. The molecule has 0 saturated heterocycles. The molecule has 0 N–H and O–H groups in total. The van der Waals surface area contributed by atoms with Crippen LogP contribution in [0.1, 0.15) is 86.1 Å². The predicted molar refractivity (Wildman–Crippen MR) is 234 cm³/mol. The van der Waals surface area contributed by atoms with E-state index in [-0.39, 0.29) is 11.2 Å². The zero-order valence-electron chi connectivity index (χ0n) is 36.7. The van der Waals surface area contributed by atoms with Crippen molar-refractivity contribution < 1.29 is 47.4 Å². The third-order valence-corrected chi connectivity index (χ3v) is 10.0. The lowest BCUT2D eigenvalue weighted by Crippen LogP contribution is -2.23. The highest BCUT2D eigenvalue weighted by Crippen LogP contribution is 2.39. The lowest BCUT2D eigenvalue weighted by Gasteiger charge is -2.24. The Hall–Kier alpha value is -4.16. The standard InChI is InChI=1S/C50H66O10/c1-49(2,3)59-31-29-57-47-41-15-9-16-42(47)34-38-12-8-14-40-36-44-18-10-17-43(48(44)58-30-32-60-50(4,5)6)35-39-13-7-11-37(33-41)45(39)55-27-25-53-23-21-51-19-20-52-22-24-54-26-28-56-46(38)40/h7-18H,19-36H2,1-6H3. The fraction of sp³-hybridized carbons (Fsp3) is 0.520. The average molecular weight is 827 g/mol. The lowest BCUT2D eigenvalue weighted by molar-refractivity contribution is -0.0167. The molecule has 2 aliphatic rings. The van der Waals surface area contributed by atoms with Gasteiger partial charge in [-0.15, -0.1) is 0 Å². The van der Waals surface area contributed by atoms with Gasteiger partial charge in [-0.1, -0.05) is 72.8 Å². The number of benzene rings is 4. The van der Waals surface area contributed by atoms with E-state index in [9.17, 15) is 0 Å². The zero-order chi connectivity index (χ0) is 42.2. The summed E-state index contributed by atoms with van der Waals surface area (Å²) >= 11 is 0. The number of para-hydroxylation sites is 4. The molecular formula is C50H66O10. The molecule has 4 aromatic carbocycles. The molecule has 1 heterocycles. The Labute approximate surface area is 357 Å². The topological polar surface area (TPSA) is 92.3 Å². The van der Waals surface area contributed by atoms with Crippen LogP contribution in [-0.4, -0.2) is 104 Å². The van der Waals surface area contributed by atoms with Crippen LogP contribution in [0.25, 0.3) is 0 Å². The second-order valence-corrected chi connectivity index (χ2v) is 17.1. The molecule has 0 aromatic heterocycles. The first-order valence-corrected chi connectivity index (χ1v) is 21.6. The van der Waals surface area contributed by atoms with E-state index in [2.05, 4.69) is 114 Å². The van der Waals surface area contributed by atoms with E-state index in [4.69, 9.17) is 47.4 Å². The van der Waals surface area contributed by atoms with Crippen molar-refractivity contribution in [2.24, 2.45) is 0 Å². The van der Waals surface area contributed by atoms with Crippen LogP contribution in [0.2, 0.25) is 0 Å². The first kappa shape index (κ1) is 45.4. The van der Waals surface area contributed by atoms with Gasteiger partial charge in [0.1, 0.15) is 49.4 Å². The first-order chi connectivity index (χ1) is 29.0. The Morgan fingerprint density at radius 2 is 0.633 bits per heavy atom. The number of rotatable bonds is 8. The van der Waals surface area contributed by atoms with Gasteiger partial charge in [-0.2, -0.15) is 0 Å². The average Bonchev–Trinajstić information content (AvgIpc) is 3.19. The third-order valence-electron chi connectivity index (χ3n) is 10.0. The van der Waals surface area contributed by atoms with Crippen molar-refractivity contribution in [3.63, 3.8) is 0 Å². The molecule has 0 saturated carbocycles. The largest absolute Gasteiger partial charge is 0.491 e. The molecule has 0 unspecified atom stereocenters. The maximum Gasteiger partial charge on any atom is 0.126 e. The van der Waals surface area contributed by atoms with Crippen LogP contribution in [0.3, 0.4) is 0 Å². The number of hydrogen-bond acceptors (Lipinski definition) is 10. The van der Waals surface area contributed by atoms with Gasteiger partial charge in [-0.25, -0.2) is 0 Å². The Morgan fingerprint density at radius 3 is 0.917 bits per heavy atom. The molecule has 1 aliphatic heterocycles. The number of fused-ring (bicyclic) bond motifs is 2. The minimum atomic E-state index is -0.275. The molecule has 6 rings (SSSR count). The van der Waals surface area contributed by atoms with Crippen LogP contribution < -0.4 is 18.9 Å². The van der Waals surface area contributed by atoms with Crippen molar-refractivity contribution in [2.75, 3.05) is 92.5 Å². The van der Waals surface area contributed by atoms with Gasteiger partial charge in [0.15, 0.2) is 0 Å². The summed E-state index contributed by atoms with van der Waals surface area (Å²) in [5.41, 5.74) is 7.95. The van der Waals surface area contributed by atoms with E-state index in [1.54, 1.807) is 0 Å². The number of hydrogen-bond donors (Lipinski definition) is 0. The molecular weight excluding hydrogens is 761 g/mol. The molecule has 0 atom stereocenters. The van der Waals surface area contributed by atoms with Crippen molar-refractivity contribution in [1.82, 2.24) is 0 Å². The number of ether oxygens (including phenoxy) is 10. The summed E-state index contributed by atoms with van der Waals surface area (Å²) < 4.78 is 62.5. The first-order valence-electron chi connectivity index (χ1n) is 21.6. The van der Waals surface area contributed by atoms with E-state index in [1.807, 2.05) is 0 Å². The predicted octanol–water partition coefficient (Wildman–Crippen LogP) is 8.59. The molecule has 60 heavy (non-hydrogen) atoms. The molecule has 10 nitrogen and oxygen atoms in total. The maximum atomic E-state index is 6.73. The van der Waals surface area contributed by atoms with E-state index in [1.165, 1.54) is 0 Å². The van der Waals surface area contributed by atoms with Gasteiger partial charge in [-0.05, 0) is 86.1 Å². The van der Waals surface area contributed by atoms with Gasteiger partial charge >= 0.3 is 0 Å². The van der Waals surface area contributed by atoms with Crippen molar-refractivity contribution >= 4 is 0 Å². The molecule has 10 heteroatoms. The van der Waals surface area contributed by atoms with Crippen LogP contribution in [0, 0.1) is 0 Å². The molecule has 0 radical (unpaired) electrons. The Balaban J connectivity index is 1.46. The summed E-state index contributed by atoms with van der Waals surface area (Å²) in [4.78, 5) is 0. The minimum absolute atomic E-state index is 0.275. The molecule has 10 bridgehead atoms. The van der Waals surface area contributed by atoms with Gasteiger partial charge in [-0.3, -0.25) is 0 Å². The summed E-state index contributed by atoms with van der Waals surface area (Å²) in [6.07, 6.45) is 2.38. The molecule has 0 fully saturated rings. The van der Waals surface area contributed by atoms with Crippen LogP contribution in [0.4, 0.5) is 0 Å². The summed E-state index contributed by atoms with van der Waals surface area (Å²) in [7, 11) is 0. The van der Waals surface area contributed by atoms with E-state index in [0.29, 0.717) is 118 Å². The minimum Gasteiger partial charge on any atom is -0.491 e. The highest BCUT2D eigenvalue weighted by atomic mass is 16.6. The Kier molecular flexibility index (Phi) is 17.1. The molecule has 0 amide bonds. The van der Waals surface area contributed by atoms with Crippen LogP contribution in [0.5, 0.6) is 23.0 Å². The van der Waals surface area contributed by atoms with Gasteiger partial charge in [0.25, 0.3) is 0 Å². The van der Waals surface area contributed by atoms with Crippen LogP contribution in [0.15, 0.2) is 72.8 Å². The second kappa shape index (κ2) is 22.6. The highest BCUT2D eigenvalue weighted by molar-refractivity contribution is 5.56. The van der Waals surface area contributed by atoms with Crippen molar-refractivity contribution in [3.8, 4) is 23.0 Å². The maximum absolute atomic E-state index is 6.73. The van der Waals surface area contributed by atoms with E-state index >= 15 is 0 Å². The quantitative estimate of drug-likeness (QED) is 0.142. The summed E-state index contributed by atoms with van der Waals surface area (Å²) in [6, 6.07) is 25.7.